The van der Waals surface area contributed by atoms with Gasteiger partial charge in [0.2, 0.25) is 0 Å². The van der Waals surface area contributed by atoms with Gasteiger partial charge in [-0.1, -0.05) is 30.3 Å². The number of carbonyl (C=O) groups is 1. The predicted octanol–water partition coefficient (Wildman–Crippen LogP) is 1.81. The SMILES string of the molecule is Cc1nn(C)cc1[C@H](C)NC(=O)[C@@H]1CN(Cc2ccccc2)CCO1. The van der Waals surface area contributed by atoms with E-state index < -0.39 is 6.10 Å². The molecule has 1 aliphatic heterocycles. The van der Waals surface area contributed by atoms with Crippen LogP contribution in [0.3, 0.4) is 0 Å². The minimum atomic E-state index is -0.433. The smallest absolute Gasteiger partial charge is 0.250 e. The second kappa shape index (κ2) is 7.80. The van der Waals surface area contributed by atoms with E-state index in [-0.39, 0.29) is 11.9 Å². The Balaban J connectivity index is 1.57. The molecule has 1 aromatic heterocycles. The van der Waals surface area contributed by atoms with Crippen LogP contribution in [0.2, 0.25) is 0 Å². The van der Waals surface area contributed by atoms with E-state index in [0.29, 0.717) is 13.2 Å². The summed E-state index contributed by atoms with van der Waals surface area (Å²) in [5, 5.41) is 7.40. The summed E-state index contributed by atoms with van der Waals surface area (Å²) in [6, 6.07) is 10.2. The zero-order chi connectivity index (χ0) is 17.8. The summed E-state index contributed by atoms with van der Waals surface area (Å²) in [4.78, 5) is 14.9. The minimum absolute atomic E-state index is 0.0616. The lowest BCUT2D eigenvalue weighted by Crippen LogP contribution is -2.49. The van der Waals surface area contributed by atoms with E-state index in [1.54, 1.807) is 4.68 Å². The highest BCUT2D eigenvalue weighted by Gasteiger charge is 2.28. The monoisotopic (exact) mass is 342 g/mol. The summed E-state index contributed by atoms with van der Waals surface area (Å²) in [5.41, 5.74) is 3.22. The van der Waals surface area contributed by atoms with Gasteiger partial charge in [0.15, 0.2) is 0 Å². The highest BCUT2D eigenvalue weighted by Crippen LogP contribution is 2.17. The maximum atomic E-state index is 12.6. The fourth-order valence-electron chi connectivity index (χ4n) is 3.27. The average molecular weight is 342 g/mol. The van der Waals surface area contributed by atoms with Gasteiger partial charge >= 0.3 is 0 Å². The molecule has 1 aromatic carbocycles. The summed E-state index contributed by atoms with van der Waals surface area (Å²) in [7, 11) is 1.89. The van der Waals surface area contributed by atoms with E-state index in [2.05, 4.69) is 27.4 Å². The van der Waals surface area contributed by atoms with Crippen LogP contribution in [0, 0.1) is 6.92 Å². The van der Waals surface area contributed by atoms with Crippen LogP contribution in [0.5, 0.6) is 0 Å². The van der Waals surface area contributed by atoms with Crippen molar-refractivity contribution in [1.82, 2.24) is 20.0 Å². The molecule has 1 fully saturated rings. The van der Waals surface area contributed by atoms with Gasteiger partial charge in [-0.25, -0.2) is 0 Å². The highest BCUT2D eigenvalue weighted by molar-refractivity contribution is 5.81. The van der Waals surface area contributed by atoms with Crippen LogP contribution in [-0.4, -0.2) is 46.4 Å². The van der Waals surface area contributed by atoms with E-state index in [9.17, 15) is 4.79 Å². The minimum Gasteiger partial charge on any atom is -0.366 e. The molecule has 1 aliphatic rings. The molecule has 6 heteroatoms. The standard InChI is InChI=1S/C19H26N4O2/c1-14(17-12-22(3)21-15(17)2)20-19(24)18-13-23(9-10-25-18)11-16-7-5-4-6-8-16/h4-8,12,14,18H,9-11,13H2,1-3H3,(H,20,24)/t14-,18-/m0/s1. The van der Waals surface area contributed by atoms with Crippen molar-refractivity contribution in [3.63, 3.8) is 0 Å². The van der Waals surface area contributed by atoms with Crippen LogP contribution in [-0.2, 0) is 23.1 Å². The lowest BCUT2D eigenvalue weighted by atomic mass is 10.1. The summed E-state index contributed by atoms with van der Waals surface area (Å²) in [5.74, 6) is -0.0616. The predicted molar refractivity (Wildman–Crippen MR) is 96.0 cm³/mol. The van der Waals surface area contributed by atoms with Crippen LogP contribution in [0.25, 0.3) is 0 Å². The van der Waals surface area contributed by atoms with Crippen molar-refractivity contribution in [3.05, 3.63) is 53.3 Å². The molecule has 0 radical (unpaired) electrons. The van der Waals surface area contributed by atoms with Gasteiger partial charge in [0.1, 0.15) is 6.10 Å². The molecule has 2 atom stereocenters. The molecule has 0 spiro atoms. The van der Waals surface area contributed by atoms with E-state index >= 15 is 0 Å². The third kappa shape index (κ3) is 4.46. The quantitative estimate of drug-likeness (QED) is 0.900. The lowest BCUT2D eigenvalue weighted by molar-refractivity contribution is -0.139. The van der Waals surface area contributed by atoms with Crippen LogP contribution in [0.15, 0.2) is 36.5 Å². The molecule has 1 N–H and O–H groups in total. The Morgan fingerprint density at radius 2 is 2.16 bits per heavy atom. The van der Waals surface area contributed by atoms with Gasteiger partial charge in [0.25, 0.3) is 5.91 Å². The fourth-order valence-corrected chi connectivity index (χ4v) is 3.27. The topological polar surface area (TPSA) is 59.4 Å². The first-order valence-electron chi connectivity index (χ1n) is 8.71. The number of aryl methyl sites for hydroxylation is 2. The maximum Gasteiger partial charge on any atom is 0.250 e. The van der Waals surface area contributed by atoms with Crippen molar-refractivity contribution in [2.75, 3.05) is 19.7 Å². The third-order valence-electron chi connectivity index (χ3n) is 4.57. The summed E-state index contributed by atoms with van der Waals surface area (Å²) >= 11 is 0. The Morgan fingerprint density at radius 3 is 2.84 bits per heavy atom. The average Bonchev–Trinajstić information content (AvgIpc) is 2.94. The van der Waals surface area contributed by atoms with Crippen molar-refractivity contribution < 1.29 is 9.53 Å². The van der Waals surface area contributed by atoms with Crippen molar-refractivity contribution in [3.8, 4) is 0 Å². The highest BCUT2D eigenvalue weighted by atomic mass is 16.5. The number of aromatic nitrogens is 2. The van der Waals surface area contributed by atoms with Crippen molar-refractivity contribution in [2.45, 2.75) is 32.5 Å². The van der Waals surface area contributed by atoms with Gasteiger partial charge in [-0.2, -0.15) is 5.10 Å². The van der Waals surface area contributed by atoms with E-state index in [1.165, 1.54) is 5.56 Å². The summed E-state index contributed by atoms with van der Waals surface area (Å²) in [6.07, 6.45) is 1.51. The number of nitrogens with one attached hydrogen (secondary N) is 1. The number of carbonyl (C=O) groups excluding carboxylic acids is 1. The molecular formula is C19H26N4O2. The number of benzene rings is 1. The number of amides is 1. The number of rotatable bonds is 5. The van der Waals surface area contributed by atoms with E-state index in [0.717, 1.165) is 24.3 Å². The Bertz CT molecular complexity index is 713. The molecular weight excluding hydrogens is 316 g/mol. The molecule has 3 rings (SSSR count). The van der Waals surface area contributed by atoms with Crippen LogP contribution >= 0.6 is 0 Å². The first kappa shape index (κ1) is 17.6. The second-order valence-electron chi connectivity index (χ2n) is 6.65. The number of hydrogen-bond acceptors (Lipinski definition) is 4. The van der Waals surface area contributed by atoms with Crippen LogP contribution < -0.4 is 5.32 Å². The summed E-state index contributed by atoms with van der Waals surface area (Å²) in [6.45, 7) is 6.80. The molecule has 0 saturated carbocycles. The zero-order valence-corrected chi connectivity index (χ0v) is 15.1. The first-order chi connectivity index (χ1) is 12.0. The van der Waals surface area contributed by atoms with E-state index in [1.807, 2.05) is 45.3 Å². The maximum absolute atomic E-state index is 12.6. The largest absolute Gasteiger partial charge is 0.366 e. The Hall–Kier alpha value is -2.18. The van der Waals surface area contributed by atoms with Gasteiger partial charge in [-0.3, -0.25) is 14.4 Å². The van der Waals surface area contributed by atoms with Gasteiger partial charge in [-0.05, 0) is 19.4 Å². The molecule has 0 unspecified atom stereocenters. The molecule has 134 valence electrons. The molecule has 6 nitrogen and oxygen atoms in total. The second-order valence-corrected chi connectivity index (χ2v) is 6.65. The fraction of sp³-hybridized carbons (Fsp3) is 0.474. The van der Waals surface area contributed by atoms with Gasteiger partial charge in [-0.15, -0.1) is 0 Å². The normalized spacial score (nSPS) is 19.6. The molecule has 0 bridgehead atoms. The van der Waals surface area contributed by atoms with E-state index in [4.69, 9.17) is 4.74 Å². The van der Waals surface area contributed by atoms with Crippen molar-refractivity contribution >= 4 is 5.91 Å². The number of nitrogens with zero attached hydrogens (tertiary/aromatic N) is 3. The third-order valence-corrected chi connectivity index (χ3v) is 4.57. The van der Waals surface area contributed by atoms with Gasteiger partial charge in [0.05, 0.1) is 18.3 Å². The number of ether oxygens (including phenoxy) is 1. The Labute approximate surface area is 148 Å². The molecule has 2 heterocycles. The van der Waals surface area contributed by atoms with Crippen molar-refractivity contribution in [1.29, 1.82) is 0 Å². The van der Waals surface area contributed by atoms with Gasteiger partial charge < -0.3 is 10.1 Å². The van der Waals surface area contributed by atoms with Gasteiger partial charge in [0, 0.05) is 38.4 Å². The first-order valence-corrected chi connectivity index (χ1v) is 8.71. The molecule has 1 amide bonds. The number of morpholine rings is 1. The molecule has 2 aromatic rings. The van der Waals surface area contributed by atoms with Crippen molar-refractivity contribution in [2.24, 2.45) is 7.05 Å². The molecule has 1 saturated heterocycles. The molecule has 25 heavy (non-hydrogen) atoms. The Kier molecular flexibility index (Phi) is 5.50. The zero-order valence-electron chi connectivity index (χ0n) is 15.1. The van der Waals surface area contributed by atoms with Crippen LogP contribution in [0.1, 0.15) is 29.8 Å². The summed E-state index contributed by atoms with van der Waals surface area (Å²) < 4.78 is 7.48. The van der Waals surface area contributed by atoms with Crippen LogP contribution in [0.4, 0.5) is 0 Å². The molecule has 0 aliphatic carbocycles. The Morgan fingerprint density at radius 1 is 1.40 bits per heavy atom. The lowest BCUT2D eigenvalue weighted by Gasteiger charge is -2.32. The number of hydrogen-bond donors (Lipinski definition) is 1.